The molecule has 1 saturated heterocycles. The van der Waals surface area contributed by atoms with Crippen LogP contribution in [-0.4, -0.2) is 30.6 Å². The number of carbonyl (C=O) groups excluding carboxylic acids is 2. The molecule has 2 saturated carbocycles. The van der Waals surface area contributed by atoms with Crippen molar-refractivity contribution in [1.82, 2.24) is 0 Å². The van der Waals surface area contributed by atoms with E-state index in [4.69, 9.17) is 4.74 Å². The fourth-order valence-electron chi connectivity index (χ4n) is 3.69. The molecule has 0 aromatic carbocycles. The first-order valence-corrected chi connectivity index (χ1v) is 6.53. The van der Waals surface area contributed by atoms with Gasteiger partial charge in [0.05, 0.1) is 12.5 Å². The number of rotatable bonds is 1. The molecule has 0 unspecified atom stereocenters. The van der Waals surface area contributed by atoms with Crippen LogP contribution in [0.5, 0.6) is 0 Å². The molecular weight excluding hydrogens is 232 g/mol. The Morgan fingerprint density at radius 2 is 2.22 bits per heavy atom. The van der Waals surface area contributed by atoms with Crippen molar-refractivity contribution in [3.8, 4) is 0 Å². The molecule has 98 valence electrons. The molecule has 0 aromatic heterocycles. The lowest BCUT2D eigenvalue weighted by Crippen LogP contribution is -2.49. The predicted octanol–water partition coefficient (Wildman–Crippen LogP) is 1.78. The van der Waals surface area contributed by atoms with Gasteiger partial charge < -0.3 is 9.47 Å². The Balaban J connectivity index is 1.90. The fourth-order valence-corrected chi connectivity index (χ4v) is 3.69. The zero-order valence-corrected chi connectivity index (χ0v) is 10.8. The van der Waals surface area contributed by atoms with Gasteiger partial charge in [-0.05, 0) is 38.2 Å². The molecule has 3 atom stereocenters. The number of hydrogen-bond acceptors (Lipinski definition) is 4. The second-order valence-corrected chi connectivity index (χ2v) is 5.74. The van der Waals surface area contributed by atoms with Crippen LogP contribution in [0, 0.1) is 5.41 Å². The van der Waals surface area contributed by atoms with Gasteiger partial charge in [0.15, 0.2) is 0 Å². The number of carbonyl (C=O) groups is 2. The quantitative estimate of drug-likeness (QED) is 0.404. The van der Waals surface area contributed by atoms with Crippen molar-refractivity contribution in [3.63, 3.8) is 0 Å². The fraction of sp³-hybridized carbons (Fsp3) is 0.714. The van der Waals surface area contributed by atoms with E-state index in [0.29, 0.717) is 12.2 Å². The van der Waals surface area contributed by atoms with Crippen molar-refractivity contribution in [1.29, 1.82) is 0 Å². The van der Waals surface area contributed by atoms with E-state index < -0.39 is 0 Å². The SMILES string of the molecule is COC(=O)/C=C1\CC[C@]2(C)C(=O)CCC[C@@]23O[C@@H]13. The average molecular weight is 250 g/mol. The Labute approximate surface area is 106 Å². The Morgan fingerprint density at radius 3 is 2.94 bits per heavy atom. The molecule has 3 fully saturated rings. The molecule has 0 radical (unpaired) electrons. The van der Waals surface area contributed by atoms with Gasteiger partial charge in [0.2, 0.25) is 0 Å². The average Bonchev–Trinajstić information content (AvgIpc) is 3.08. The Hall–Kier alpha value is -1.16. The van der Waals surface area contributed by atoms with E-state index in [1.807, 2.05) is 6.92 Å². The summed E-state index contributed by atoms with van der Waals surface area (Å²) >= 11 is 0. The second kappa shape index (κ2) is 3.67. The number of ketones is 1. The molecule has 1 spiro atoms. The minimum absolute atomic E-state index is 0.0420. The Kier molecular flexibility index (Phi) is 2.43. The highest BCUT2D eigenvalue weighted by molar-refractivity contribution is 5.89. The molecule has 0 amide bonds. The summed E-state index contributed by atoms with van der Waals surface area (Å²) in [4.78, 5) is 23.5. The molecule has 18 heavy (non-hydrogen) atoms. The van der Waals surface area contributed by atoms with Gasteiger partial charge in [-0.25, -0.2) is 4.79 Å². The smallest absolute Gasteiger partial charge is 0.330 e. The van der Waals surface area contributed by atoms with Crippen LogP contribution in [0.1, 0.15) is 39.0 Å². The molecule has 4 heteroatoms. The molecule has 0 N–H and O–H groups in total. The molecule has 1 heterocycles. The topological polar surface area (TPSA) is 55.9 Å². The lowest BCUT2D eigenvalue weighted by Gasteiger charge is -2.41. The Morgan fingerprint density at radius 1 is 1.44 bits per heavy atom. The molecule has 3 rings (SSSR count). The first-order valence-electron chi connectivity index (χ1n) is 6.53. The van der Waals surface area contributed by atoms with Crippen molar-refractivity contribution in [3.05, 3.63) is 11.6 Å². The Bertz CT molecular complexity index is 453. The van der Waals surface area contributed by atoms with E-state index in [2.05, 4.69) is 4.74 Å². The number of hydrogen-bond donors (Lipinski definition) is 0. The minimum atomic E-state index is -0.344. The van der Waals surface area contributed by atoms with Crippen LogP contribution in [0.25, 0.3) is 0 Å². The van der Waals surface area contributed by atoms with E-state index in [0.717, 1.165) is 31.3 Å². The van der Waals surface area contributed by atoms with Gasteiger partial charge in [-0.3, -0.25) is 4.79 Å². The van der Waals surface area contributed by atoms with Crippen LogP contribution in [0.15, 0.2) is 11.6 Å². The molecule has 0 aromatic rings. The van der Waals surface area contributed by atoms with E-state index in [-0.39, 0.29) is 23.1 Å². The summed E-state index contributed by atoms with van der Waals surface area (Å²) in [5.74, 6) is -0.00485. The van der Waals surface area contributed by atoms with Crippen molar-refractivity contribution in [2.45, 2.75) is 50.7 Å². The van der Waals surface area contributed by atoms with E-state index in [9.17, 15) is 9.59 Å². The van der Waals surface area contributed by atoms with Gasteiger partial charge >= 0.3 is 5.97 Å². The third-order valence-corrected chi connectivity index (χ3v) is 4.95. The van der Waals surface area contributed by atoms with E-state index in [1.165, 1.54) is 13.2 Å². The summed E-state index contributed by atoms with van der Waals surface area (Å²) in [6.07, 6.45) is 5.53. The number of Topliss-reactive ketones (excluding diaryl/α,β-unsaturated/α-hetero) is 1. The van der Waals surface area contributed by atoms with Crippen LogP contribution in [-0.2, 0) is 19.1 Å². The standard InChI is InChI=1S/C14H18O4/c1-13-7-5-9(8-11(16)17-2)12-14(13,18-12)6-3-4-10(13)15/h8,12H,3-7H2,1-2H3/b9-8+/t12-,13+,14-/m0/s1. The largest absolute Gasteiger partial charge is 0.466 e. The monoisotopic (exact) mass is 250 g/mol. The number of esters is 1. The number of methoxy groups -OCH3 is 1. The summed E-state index contributed by atoms with van der Waals surface area (Å²) in [5.41, 5.74) is 0.332. The highest BCUT2D eigenvalue weighted by Crippen LogP contribution is 2.64. The third kappa shape index (κ3) is 1.35. The van der Waals surface area contributed by atoms with Crippen LogP contribution in [0.3, 0.4) is 0 Å². The normalized spacial score (nSPS) is 44.2. The van der Waals surface area contributed by atoms with Gasteiger partial charge in [0.1, 0.15) is 17.5 Å². The van der Waals surface area contributed by atoms with Crippen LogP contribution in [0.2, 0.25) is 0 Å². The van der Waals surface area contributed by atoms with Gasteiger partial charge in [-0.2, -0.15) is 0 Å². The van der Waals surface area contributed by atoms with Gasteiger partial charge in [0.25, 0.3) is 0 Å². The molecule has 0 bridgehead atoms. The number of epoxide rings is 1. The van der Waals surface area contributed by atoms with Crippen LogP contribution in [0.4, 0.5) is 0 Å². The molecular formula is C14H18O4. The molecule has 2 aliphatic carbocycles. The van der Waals surface area contributed by atoms with Crippen molar-refractivity contribution in [2.24, 2.45) is 5.41 Å². The highest BCUT2D eigenvalue weighted by atomic mass is 16.6. The van der Waals surface area contributed by atoms with Gasteiger partial charge in [-0.1, -0.05) is 0 Å². The zero-order chi connectivity index (χ0) is 13.0. The van der Waals surface area contributed by atoms with Crippen LogP contribution < -0.4 is 0 Å². The van der Waals surface area contributed by atoms with Crippen LogP contribution >= 0.6 is 0 Å². The number of ether oxygens (including phenoxy) is 2. The summed E-state index contributed by atoms with van der Waals surface area (Å²) in [6.45, 7) is 2.03. The summed E-state index contributed by atoms with van der Waals surface area (Å²) < 4.78 is 10.6. The molecule has 4 nitrogen and oxygen atoms in total. The lowest BCUT2D eigenvalue weighted by atomic mass is 9.58. The van der Waals surface area contributed by atoms with Crippen molar-refractivity contribution in [2.75, 3.05) is 7.11 Å². The van der Waals surface area contributed by atoms with E-state index >= 15 is 0 Å². The molecule has 1 aliphatic heterocycles. The summed E-state index contributed by atoms with van der Waals surface area (Å²) in [7, 11) is 1.37. The second-order valence-electron chi connectivity index (χ2n) is 5.74. The maximum absolute atomic E-state index is 12.2. The van der Waals surface area contributed by atoms with Gasteiger partial charge in [-0.15, -0.1) is 0 Å². The highest BCUT2D eigenvalue weighted by Gasteiger charge is 2.72. The zero-order valence-electron chi connectivity index (χ0n) is 10.8. The summed E-state index contributed by atoms with van der Waals surface area (Å²) in [5, 5.41) is 0. The maximum atomic E-state index is 12.2. The van der Waals surface area contributed by atoms with Gasteiger partial charge in [0, 0.05) is 12.5 Å². The predicted molar refractivity (Wildman–Crippen MR) is 63.9 cm³/mol. The lowest BCUT2D eigenvalue weighted by molar-refractivity contribution is -0.136. The van der Waals surface area contributed by atoms with E-state index in [1.54, 1.807) is 0 Å². The molecule has 3 aliphatic rings. The minimum Gasteiger partial charge on any atom is -0.466 e. The third-order valence-electron chi connectivity index (χ3n) is 4.95. The summed E-state index contributed by atoms with van der Waals surface area (Å²) in [6, 6.07) is 0. The van der Waals surface area contributed by atoms with Crippen molar-refractivity contribution >= 4 is 11.8 Å². The first kappa shape index (κ1) is 11.9. The first-order chi connectivity index (χ1) is 8.53. The van der Waals surface area contributed by atoms with Crippen molar-refractivity contribution < 1.29 is 19.1 Å². The maximum Gasteiger partial charge on any atom is 0.330 e.